The number of hydrogen-bond donors (Lipinski definition) is 1. The molecule has 1 atom stereocenters. The Hall–Kier alpha value is -0.560. The van der Waals surface area contributed by atoms with Crippen molar-refractivity contribution < 1.29 is 0 Å². The lowest BCUT2D eigenvalue weighted by Crippen LogP contribution is -2.07. The maximum Gasteiger partial charge on any atom is 0.120 e. The van der Waals surface area contributed by atoms with E-state index < -0.39 is 6.04 Å². The first-order valence-electron chi connectivity index (χ1n) is 3.25. The molecule has 0 heterocycles. The fourth-order valence-electron chi connectivity index (χ4n) is 0.822. The first-order valence-corrected chi connectivity index (χ1v) is 4.42. The van der Waals surface area contributed by atoms with Crippen molar-refractivity contribution in [3.8, 4) is 6.07 Å². The van der Waals surface area contributed by atoms with Gasteiger partial charge in [-0.1, -0.05) is 27.5 Å². The average Bonchev–Trinajstić information content (AvgIpc) is 2.08. The molecule has 0 amide bonds. The predicted octanol–water partition coefficient (Wildman–Crippen LogP) is 2.63. The number of benzene rings is 1. The SMILES string of the molecule is N#CC(N)c1cc(Cl)ccc1Br. The summed E-state index contributed by atoms with van der Waals surface area (Å²) in [6.45, 7) is 0. The molecule has 0 aliphatic heterocycles. The lowest BCUT2D eigenvalue weighted by molar-refractivity contribution is 0.920. The third kappa shape index (κ3) is 1.98. The van der Waals surface area contributed by atoms with Gasteiger partial charge in [-0.15, -0.1) is 0 Å². The second kappa shape index (κ2) is 3.90. The highest BCUT2D eigenvalue weighted by molar-refractivity contribution is 9.10. The van der Waals surface area contributed by atoms with Gasteiger partial charge in [-0.05, 0) is 23.8 Å². The molecule has 0 aliphatic carbocycles. The molecule has 0 saturated carbocycles. The summed E-state index contributed by atoms with van der Waals surface area (Å²) in [5, 5.41) is 9.15. The summed E-state index contributed by atoms with van der Waals surface area (Å²) in [5.41, 5.74) is 6.23. The van der Waals surface area contributed by atoms with Gasteiger partial charge in [0.05, 0.1) is 6.07 Å². The van der Waals surface area contributed by atoms with Gasteiger partial charge >= 0.3 is 0 Å². The molecule has 1 unspecified atom stereocenters. The van der Waals surface area contributed by atoms with E-state index in [-0.39, 0.29) is 0 Å². The Bertz CT molecular complexity index is 332. The molecule has 2 N–H and O–H groups in total. The highest BCUT2D eigenvalue weighted by Crippen LogP contribution is 2.24. The van der Waals surface area contributed by atoms with E-state index in [4.69, 9.17) is 22.6 Å². The van der Waals surface area contributed by atoms with E-state index in [0.29, 0.717) is 10.6 Å². The van der Waals surface area contributed by atoms with Crippen LogP contribution < -0.4 is 5.73 Å². The van der Waals surface area contributed by atoms with Gasteiger partial charge in [-0.3, -0.25) is 0 Å². The van der Waals surface area contributed by atoms with E-state index in [0.717, 1.165) is 4.47 Å². The molecule has 0 aromatic heterocycles. The Morgan fingerprint density at radius 1 is 1.58 bits per heavy atom. The van der Waals surface area contributed by atoms with Gasteiger partial charge in [-0.25, -0.2) is 0 Å². The Kier molecular flexibility index (Phi) is 3.10. The zero-order valence-electron chi connectivity index (χ0n) is 6.09. The first-order chi connectivity index (χ1) is 5.65. The minimum absolute atomic E-state index is 0.582. The van der Waals surface area contributed by atoms with Gasteiger partial charge in [-0.2, -0.15) is 5.26 Å². The van der Waals surface area contributed by atoms with Gasteiger partial charge in [0.2, 0.25) is 0 Å². The van der Waals surface area contributed by atoms with Gasteiger partial charge in [0, 0.05) is 9.50 Å². The summed E-state index contributed by atoms with van der Waals surface area (Å²) >= 11 is 9.01. The quantitative estimate of drug-likeness (QED) is 0.827. The molecule has 0 saturated heterocycles. The summed E-state index contributed by atoms with van der Waals surface area (Å²) in [4.78, 5) is 0. The molecule has 0 radical (unpaired) electrons. The zero-order valence-corrected chi connectivity index (χ0v) is 8.43. The minimum atomic E-state index is -0.627. The van der Waals surface area contributed by atoms with E-state index in [1.165, 1.54) is 0 Å². The van der Waals surface area contributed by atoms with Crippen LogP contribution >= 0.6 is 27.5 Å². The fraction of sp³-hybridized carbons (Fsp3) is 0.125. The van der Waals surface area contributed by atoms with Crippen molar-refractivity contribution >= 4 is 27.5 Å². The Morgan fingerprint density at radius 3 is 2.83 bits per heavy atom. The predicted molar refractivity (Wildman–Crippen MR) is 51.7 cm³/mol. The topological polar surface area (TPSA) is 49.8 Å². The molecule has 12 heavy (non-hydrogen) atoms. The number of nitriles is 1. The van der Waals surface area contributed by atoms with Crippen LogP contribution in [0.3, 0.4) is 0 Å². The Morgan fingerprint density at radius 2 is 2.25 bits per heavy atom. The highest BCUT2D eigenvalue weighted by atomic mass is 79.9. The monoisotopic (exact) mass is 244 g/mol. The van der Waals surface area contributed by atoms with E-state index in [9.17, 15) is 0 Å². The summed E-state index contributed by atoms with van der Waals surface area (Å²) in [6, 6.07) is 6.50. The molecular weight excluding hydrogens is 239 g/mol. The van der Waals surface area contributed by atoms with Crippen molar-refractivity contribution in [2.24, 2.45) is 5.73 Å². The minimum Gasteiger partial charge on any atom is -0.312 e. The Labute approximate surface area is 84.1 Å². The van der Waals surface area contributed by atoms with E-state index in [2.05, 4.69) is 15.9 Å². The van der Waals surface area contributed by atoms with Crippen molar-refractivity contribution in [1.82, 2.24) is 0 Å². The normalized spacial score (nSPS) is 12.2. The van der Waals surface area contributed by atoms with Crippen molar-refractivity contribution in [3.05, 3.63) is 33.3 Å². The van der Waals surface area contributed by atoms with Crippen LogP contribution in [-0.2, 0) is 0 Å². The lowest BCUT2D eigenvalue weighted by atomic mass is 10.1. The van der Waals surface area contributed by atoms with Crippen LogP contribution in [0.4, 0.5) is 0 Å². The molecule has 0 aliphatic rings. The maximum atomic E-state index is 8.56. The van der Waals surface area contributed by atoms with Crippen LogP contribution in [0.25, 0.3) is 0 Å². The highest BCUT2D eigenvalue weighted by Gasteiger charge is 2.08. The van der Waals surface area contributed by atoms with Gasteiger partial charge in [0.15, 0.2) is 0 Å². The summed E-state index contributed by atoms with van der Waals surface area (Å²) in [5.74, 6) is 0. The molecule has 0 spiro atoms. The average molecular weight is 246 g/mol. The third-order valence-electron chi connectivity index (χ3n) is 1.43. The summed E-state index contributed by atoms with van der Waals surface area (Å²) in [7, 11) is 0. The van der Waals surface area contributed by atoms with Crippen LogP contribution in [-0.4, -0.2) is 0 Å². The van der Waals surface area contributed by atoms with Crippen molar-refractivity contribution in [2.75, 3.05) is 0 Å². The van der Waals surface area contributed by atoms with Crippen LogP contribution in [0.2, 0.25) is 5.02 Å². The first kappa shape index (κ1) is 9.53. The second-order valence-corrected chi connectivity index (χ2v) is 3.56. The maximum absolute atomic E-state index is 8.56. The molecule has 1 rings (SSSR count). The Balaban J connectivity index is 3.15. The van der Waals surface area contributed by atoms with Crippen LogP contribution in [0, 0.1) is 11.3 Å². The lowest BCUT2D eigenvalue weighted by Gasteiger charge is -2.05. The van der Waals surface area contributed by atoms with Crippen LogP contribution in [0.15, 0.2) is 22.7 Å². The number of halogens is 2. The number of nitrogens with two attached hydrogens (primary N) is 1. The molecule has 1 aromatic carbocycles. The van der Waals surface area contributed by atoms with Crippen molar-refractivity contribution in [1.29, 1.82) is 5.26 Å². The molecular formula is C8H6BrClN2. The second-order valence-electron chi connectivity index (χ2n) is 2.27. The van der Waals surface area contributed by atoms with Crippen molar-refractivity contribution in [3.63, 3.8) is 0 Å². The van der Waals surface area contributed by atoms with E-state index in [1.807, 2.05) is 6.07 Å². The van der Waals surface area contributed by atoms with Gasteiger partial charge in [0.25, 0.3) is 0 Å². The largest absolute Gasteiger partial charge is 0.312 e. The van der Waals surface area contributed by atoms with E-state index in [1.54, 1.807) is 18.2 Å². The summed E-state index contributed by atoms with van der Waals surface area (Å²) in [6.07, 6.45) is 0. The number of rotatable bonds is 1. The molecule has 0 fully saturated rings. The van der Waals surface area contributed by atoms with Gasteiger partial charge in [0.1, 0.15) is 6.04 Å². The van der Waals surface area contributed by atoms with Crippen LogP contribution in [0.5, 0.6) is 0 Å². The van der Waals surface area contributed by atoms with E-state index >= 15 is 0 Å². The molecule has 0 bridgehead atoms. The molecule has 4 heteroatoms. The number of nitrogens with zero attached hydrogens (tertiary/aromatic N) is 1. The fourth-order valence-corrected chi connectivity index (χ4v) is 1.50. The summed E-state index contributed by atoms with van der Waals surface area (Å²) < 4.78 is 0.806. The molecule has 2 nitrogen and oxygen atoms in total. The van der Waals surface area contributed by atoms with Gasteiger partial charge < -0.3 is 5.73 Å². The molecule has 62 valence electrons. The standard InChI is InChI=1S/C8H6BrClN2/c9-7-2-1-5(10)3-6(7)8(12)4-11/h1-3,8H,12H2. The smallest absolute Gasteiger partial charge is 0.120 e. The molecule has 1 aromatic rings. The third-order valence-corrected chi connectivity index (χ3v) is 2.39. The number of hydrogen-bond acceptors (Lipinski definition) is 2. The van der Waals surface area contributed by atoms with Crippen molar-refractivity contribution in [2.45, 2.75) is 6.04 Å². The zero-order chi connectivity index (χ0) is 9.14. The van der Waals surface area contributed by atoms with Crippen LogP contribution in [0.1, 0.15) is 11.6 Å².